The molecule has 0 bridgehead atoms. The molecule has 6 aromatic rings. The van der Waals surface area contributed by atoms with Gasteiger partial charge in [-0.2, -0.15) is 12.1 Å². The van der Waals surface area contributed by atoms with Gasteiger partial charge in [0.15, 0.2) is 0 Å². The van der Waals surface area contributed by atoms with Crippen LogP contribution in [0.1, 0.15) is 139 Å². The van der Waals surface area contributed by atoms with Crippen molar-refractivity contribution in [3.8, 4) is 11.5 Å². The van der Waals surface area contributed by atoms with E-state index in [0.717, 1.165) is 24.0 Å². The summed E-state index contributed by atoms with van der Waals surface area (Å²) in [5.41, 5.74) is 10.3. The number of phenolic OH excluding ortho intramolecular Hbond substituents is 2. The Labute approximate surface area is 360 Å². The van der Waals surface area contributed by atoms with Crippen molar-refractivity contribution in [2.75, 3.05) is 0 Å². The van der Waals surface area contributed by atoms with Gasteiger partial charge in [-0.25, -0.2) is 0 Å². The van der Waals surface area contributed by atoms with Gasteiger partial charge in [0.05, 0.1) is 0 Å². The zero-order valence-corrected chi connectivity index (χ0v) is 41.2. The Bertz CT molecular complexity index is 1900. The summed E-state index contributed by atoms with van der Waals surface area (Å²) in [6, 6.07) is 34.0. The second-order valence-corrected chi connectivity index (χ2v) is 17.0. The molecule has 4 heteroatoms. The second-order valence-electron chi connectivity index (χ2n) is 17.0. The van der Waals surface area contributed by atoms with Crippen LogP contribution in [0, 0.1) is 28.7 Å². The Balaban J connectivity index is 0.000000703. The molecule has 6 aromatic carbocycles. The van der Waals surface area contributed by atoms with Crippen LogP contribution in [0.2, 0.25) is 0 Å². The average molecular weight is 848 g/mol. The molecule has 304 valence electrons. The van der Waals surface area contributed by atoms with E-state index < -0.39 is 0 Å². The summed E-state index contributed by atoms with van der Waals surface area (Å²) in [4.78, 5) is 0. The summed E-state index contributed by atoms with van der Waals surface area (Å²) >= 11 is 1.36. The minimum atomic E-state index is 0. The van der Waals surface area contributed by atoms with E-state index in [-0.39, 0.29) is 25.7 Å². The van der Waals surface area contributed by atoms with Crippen LogP contribution in [0.3, 0.4) is 0 Å². The van der Waals surface area contributed by atoms with Crippen molar-refractivity contribution in [1.29, 1.82) is 0 Å². The summed E-state index contributed by atoms with van der Waals surface area (Å²) in [5.74, 6) is 2.03. The number of fused-ring (bicyclic) bond motifs is 2. The van der Waals surface area contributed by atoms with Gasteiger partial charge in [0.2, 0.25) is 0 Å². The van der Waals surface area contributed by atoms with E-state index in [2.05, 4.69) is 151 Å². The zero-order chi connectivity index (χ0) is 41.0. The summed E-state index contributed by atoms with van der Waals surface area (Å²) in [6.45, 7) is 33.2. The molecule has 0 aliphatic heterocycles. The van der Waals surface area contributed by atoms with Crippen LogP contribution >= 0.6 is 0 Å². The van der Waals surface area contributed by atoms with Gasteiger partial charge in [0.25, 0.3) is 0 Å². The molecule has 2 nitrogen and oxygen atoms in total. The molecule has 2 radical (unpaired) electrons. The van der Waals surface area contributed by atoms with Gasteiger partial charge in [-0.3, -0.25) is 0 Å². The molecular formula is C52H72O2SiZr-4. The maximum absolute atomic E-state index is 9.57. The van der Waals surface area contributed by atoms with Gasteiger partial charge in [-0.05, 0) is 72.6 Å². The fourth-order valence-corrected chi connectivity index (χ4v) is 6.56. The number of phenols is 2. The molecule has 0 unspecified atom stereocenters. The van der Waals surface area contributed by atoms with Crippen LogP contribution in [-0.4, -0.2) is 17.1 Å². The summed E-state index contributed by atoms with van der Waals surface area (Å²) < 4.78 is 0. The number of benzene rings is 4. The topological polar surface area (TPSA) is 40.5 Å². The van der Waals surface area contributed by atoms with Crippen LogP contribution in [0.4, 0.5) is 0 Å². The molecule has 0 aliphatic carbocycles. The first-order valence-corrected chi connectivity index (χ1v) is 23.7. The van der Waals surface area contributed by atoms with Crippen molar-refractivity contribution < 1.29 is 33.5 Å². The molecule has 56 heavy (non-hydrogen) atoms. The van der Waals surface area contributed by atoms with Gasteiger partial charge in [0, 0.05) is 0 Å². The predicted molar refractivity (Wildman–Crippen MR) is 248 cm³/mol. The molecule has 0 spiro atoms. The Kier molecular flexibility index (Phi) is 22.5. The van der Waals surface area contributed by atoms with E-state index in [1.807, 2.05) is 38.1 Å². The molecule has 2 N–H and O–H groups in total. The second kappa shape index (κ2) is 23.9. The van der Waals surface area contributed by atoms with Crippen molar-refractivity contribution in [3.05, 3.63) is 156 Å². The molecule has 0 amide bonds. The molecule has 6 rings (SSSR count). The Hall–Kier alpha value is -3.20. The third kappa shape index (κ3) is 15.3. The number of aryl methyl sites for hydroxylation is 4. The molecule has 0 saturated heterocycles. The van der Waals surface area contributed by atoms with E-state index in [9.17, 15) is 10.2 Å². The molecule has 0 aromatic heterocycles. The van der Waals surface area contributed by atoms with Crippen molar-refractivity contribution in [2.24, 2.45) is 0 Å². The molecular weight excluding hydrogens is 776 g/mol. The molecule has 0 saturated carbocycles. The van der Waals surface area contributed by atoms with Gasteiger partial charge < -0.3 is 25.1 Å². The SMILES string of the molecule is CCc1cc2c(C(C)C)cccc2[cH-]1.CCc1cc2c(C(C)C)cccc2[cH-]1.Cc1ccc(O)c(C(C)(C)C)c1.Cc1ccc(O)c(C(C)(C)C)c1.[CH3-].[CH3-].[Si]=[Zr]. The van der Waals surface area contributed by atoms with Crippen LogP contribution in [0.25, 0.3) is 21.5 Å². The minimum absolute atomic E-state index is 0. The van der Waals surface area contributed by atoms with E-state index >= 15 is 0 Å². The maximum atomic E-state index is 9.57. The normalized spacial score (nSPS) is 10.8. The first kappa shape index (κ1) is 52.8. The quantitative estimate of drug-likeness (QED) is 0.137. The Morgan fingerprint density at radius 2 is 0.875 bits per heavy atom. The number of hydrogen-bond acceptors (Lipinski definition) is 2. The number of hydrogen-bond donors (Lipinski definition) is 2. The van der Waals surface area contributed by atoms with Crippen molar-refractivity contribution >= 4 is 28.4 Å². The fourth-order valence-electron chi connectivity index (χ4n) is 6.56. The van der Waals surface area contributed by atoms with Crippen molar-refractivity contribution in [3.63, 3.8) is 0 Å². The summed E-state index contributed by atoms with van der Waals surface area (Å²) in [7, 11) is 0. The van der Waals surface area contributed by atoms with Crippen molar-refractivity contribution in [1.82, 2.24) is 0 Å². The van der Waals surface area contributed by atoms with Gasteiger partial charge >= 0.3 is 30.2 Å². The average Bonchev–Trinajstić information content (AvgIpc) is 3.75. The summed E-state index contributed by atoms with van der Waals surface area (Å²) in [5, 5.41) is 24.8. The van der Waals surface area contributed by atoms with Crippen LogP contribution in [0.5, 0.6) is 11.5 Å². The van der Waals surface area contributed by atoms with Gasteiger partial charge in [-0.1, -0.05) is 142 Å². The van der Waals surface area contributed by atoms with Gasteiger partial charge in [-0.15, -0.1) is 69.1 Å². The zero-order valence-electron chi connectivity index (χ0n) is 37.7. The molecule has 0 fully saturated rings. The first-order chi connectivity index (χ1) is 25.3. The monoisotopic (exact) mass is 846 g/mol. The number of aromatic hydroxyl groups is 2. The van der Waals surface area contributed by atoms with Gasteiger partial charge in [0.1, 0.15) is 11.5 Å². The Morgan fingerprint density at radius 3 is 1.12 bits per heavy atom. The first-order valence-electron chi connectivity index (χ1n) is 19.5. The van der Waals surface area contributed by atoms with E-state index in [4.69, 9.17) is 0 Å². The third-order valence-corrected chi connectivity index (χ3v) is 9.67. The third-order valence-electron chi connectivity index (χ3n) is 9.67. The molecule has 0 aliphatic rings. The van der Waals surface area contributed by atoms with Crippen molar-refractivity contribution in [2.45, 2.75) is 132 Å². The molecule has 0 atom stereocenters. The predicted octanol–water partition coefficient (Wildman–Crippen LogP) is 15.0. The summed E-state index contributed by atoms with van der Waals surface area (Å²) in [6.07, 6.45) is 2.26. The standard InChI is InChI=1S/2C14H17.2C11H16O.2CH3.Si.Zr/c2*1-4-11-8-12-6-5-7-13(10(2)3)14(12)9-11;2*1-8-5-6-10(12)9(7-8)11(2,3)4;;;;/h2*5-10H,4H2,1-3H3;2*5-7,12H,1-4H3;2*1H3;;/q2*-1;;;2*-1;;. The van der Waals surface area contributed by atoms with E-state index in [1.165, 1.54) is 78.3 Å². The van der Waals surface area contributed by atoms with E-state index in [0.29, 0.717) is 23.3 Å². The number of rotatable bonds is 4. The van der Waals surface area contributed by atoms with Crippen LogP contribution in [-0.2, 0) is 47.0 Å². The van der Waals surface area contributed by atoms with Crippen LogP contribution < -0.4 is 0 Å². The van der Waals surface area contributed by atoms with E-state index in [1.54, 1.807) is 12.1 Å². The van der Waals surface area contributed by atoms with Crippen LogP contribution in [0.15, 0.2) is 97.1 Å². The fraction of sp³-hybridized carbons (Fsp3) is 0.385. The molecule has 0 heterocycles. The Morgan fingerprint density at radius 1 is 0.554 bits per heavy atom.